The number of aryl methyl sites for hydroxylation is 1. The van der Waals surface area contributed by atoms with Crippen LogP contribution in [0, 0.1) is 6.92 Å². The second kappa shape index (κ2) is 10.3. The summed E-state index contributed by atoms with van der Waals surface area (Å²) in [6, 6.07) is 23.2. The third-order valence-electron chi connectivity index (χ3n) is 4.89. The SMILES string of the molecule is Cc1ccc(Oc2ccc(OCC(=O)NCc3ccc(Cn4ccnc4)cc3)cc2)cc1. The highest BCUT2D eigenvalue weighted by atomic mass is 16.5. The molecule has 0 radical (unpaired) electrons. The Morgan fingerprint density at radius 1 is 0.875 bits per heavy atom. The van der Waals surface area contributed by atoms with Gasteiger partial charge in [-0.3, -0.25) is 4.79 Å². The van der Waals surface area contributed by atoms with Crippen LogP contribution in [0.15, 0.2) is 91.5 Å². The molecule has 6 heteroatoms. The fourth-order valence-corrected chi connectivity index (χ4v) is 3.10. The third-order valence-corrected chi connectivity index (χ3v) is 4.89. The molecule has 0 bridgehead atoms. The van der Waals surface area contributed by atoms with Crippen LogP contribution >= 0.6 is 0 Å². The van der Waals surface area contributed by atoms with E-state index in [2.05, 4.69) is 22.4 Å². The van der Waals surface area contributed by atoms with Gasteiger partial charge in [-0.1, -0.05) is 42.0 Å². The second-order valence-electron chi connectivity index (χ2n) is 7.50. The van der Waals surface area contributed by atoms with Crippen molar-refractivity contribution < 1.29 is 14.3 Å². The number of hydrogen-bond donors (Lipinski definition) is 1. The molecule has 0 aliphatic carbocycles. The summed E-state index contributed by atoms with van der Waals surface area (Å²) in [5, 5.41) is 2.88. The summed E-state index contributed by atoms with van der Waals surface area (Å²) >= 11 is 0. The molecule has 0 fully saturated rings. The lowest BCUT2D eigenvalue weighted by Gasteiger charge is -2.10. The van der Waals surface area contributed by atoms with Crippen molar-refractivity contribution >= 4 is 5.91 Å². The Morgan fingerprint density at radius 3 is 2.16 bits per heavy atom. The van der Waals surface area contributed by atoms with Gasteiger partial charge in [0.2, 0.25) is 0 Å². The summed E-state index contributed by atoms with van der Waals surface area (Å²) in [6.07, 6.45) is 5.48. The van der Waals surface area contributed by atoms with Crippen molar-refractivity contribution in [2.45, 2.75) is 20.0 Å². The Morgan fingerprint density at radius 2 is 1.50 bits per heavy atom. The number of rotatable bonds is 9. The molecular formula is C26H25N3O3. The monoisotopic (exact) mass is 427 g/mol. The predicted molar refractivity (Wildman–Crippen MR) is 123 cm³/mol. The van der Waals surface area contributed by atoms with Crippen molar-refractivity contribution in [3.05, 3.63) is 108 Å². The zero-order valence-electron chi connectivity index (χ0n) is 17.9. The van der Waals surface area contributed by atoms with E-state index < -0.39 is 0 Å². The van der Waals surface area contributed by atoms with E-state index in [1.807, 2.05) is 66.2 Å². The lowest BCUT2D eigenvalue weighted by Crippen LogP contribution is -2.28. The Hall–Kier alpha value is -4.06. The van der Waals surface area contributed by atoms with Gasteiger partial charge in [-0.2, -0.15) is 0 Å². The van der Waals surface area contributed by atoms with E-state index in [0.29, 0.717) is 18.0 Å². The molecule has 4 rings (SSSR count). The second-order valence-corrected chi connectivity index (χ2v) is 7.50. The zero-order chi connectivity index (χ0) is 22.2. The van der Waals surface area contributed by atoms with Crippen LogP contribution in [0.25, 0.3) is 0 Å². The summed E-state index contributed by atoms with van der Waals surface area (Å²) in [5.74, 6) is 1.92. The normalized spacial score (nSPS) is 10.5. The van der Waals surface area contributed by atoms with Gasteiger partial charge in [-0.25, -0.2) is 4.98 Å². The Bertz CT molecular complexity index is 1120. The highest BCUT2D eigenvalue weighted by Gasteiger charge is 2.05. The van der Waals surface area contributed by atoms with Gasteiger partial charge in [0.05, 0.1) is 6.33 Å². The van der Waals surface area contributed by atoms with Crippen molar-refractivity contribution in [2.75, 3.05) is 6.61 Å². The number of carbonyl (C=O) groups is 1. The maximum absolute atomic E-state index is 12.1. The zero-order valence-corrected chi connectivity index (χ0v) is 17.9. The van der Waals surface area contributed by atoms with E-state index in [9.17, 15) is 4.79 Å². The van der Waals surface area contributed by atoms with Crippen molar-refractivity contribution in [1.82, 2.24) is 14.9 Å². The van der Waals surface area contributed by atoms with E-state index in [4.69, 9.17) is 9.47 Å². The largest absolute Gasteiger partial charge is 0.484 e. The van der Waals surface area contributed by atoms with Gasteiger partial charge in [0.15, 0.2) is 6.61 Å². The molecule has 32 heavy (non-hydrogen) atoms. The standard InChI is InChI=1S/C26H25N3O3/c1-20-2-8-24(9-3-20)32-25-12-10-23(11-13-25)31-18-26(30)28-16-21-4-6-22(7-5-21)17-29-15-14-27-19-29/h2-15,19H,16-18H2,1H3,(H,28,30). The summed E-state index contributed by atoms with van der Waals surface area (Å²) in [4.78, 5) is 16.2. The summed E-state index contributed by atoms with van der Waals surface area (Å²) in [6.45, 7) is 3.22. The molecule has 0 unspecified atom stereocenters. The molecule has 1 heterocycles. The molecule has 0 spiro atoms. The first-order valence-corrected chi connectivity index (χ1v) is 10.4. The molecule has 3 aromatic carbocycles. The van der Waals surface area contributed by atoms with Gasteiger partial charge in [-0.15, -0.1) is 0 Å². The number of amides is 1. The van der Waals surface area contributed by atoms with E-state index in [-0.39, 0.29) is 12.5 Å². The molecule has 0 atom stereocenters. The third kappa shape index (κ3) is 6.22. The lowest BCUT2D eigenvalue weighted by molar-refractivity contribution is -0.123. The van der Waals surface area contributed by atoms with E-state index in [1.54, 1.807) is 24.7 Å². The van der Waals surface area contributed by atoms with Crippen molar-refractivity contribution in [3.8, 4) is 17.2 Å². The van der Waals surface area contributed by atoms with Crippen LogP contribution in [-0.2, 0) is 17.9 Å². The van der Waals surface area contributed by atoms with Crippen LogP contribution < -0.4 is 14.8 Å². The number of hydrogen-bond acceptors (Lipinski definition) is 4. The van der Waals surface area contributed by atoms with E-state index >= 15 is 0 Å². The number of benzene rings is 3. The van der Waals surface area contributed by atoms with Crippen molar-refractivity contribution in [2.24, 2.45) is 0 Å². The predicted octanol–water partition coefficient (Wildman–Crippen LogP) is 4.73. The van der Waals surface area contributed by atoms with Crippen LogP contribution in [0.3, 0.4) is 0 Å². The lowest BCUT2D eigenvalue weighted by atomic mass is 10.1. The maximum atomic E-state index is 12.1. The average Bonchev–Trinajstić information content (AvgIpc) is 3.33. The molecule has 4 aromatic rings. The first-order valence-electron chi connectivity index (χ1n) is 10.4. The van der Waals surface area contributed by atoms with E-state index in [0.717, 1.165) is 17.9 Å². The quantitative estimate of drug-likeness (QED) is 0.420. The average molecular weight is 428 g/mol. The van der Waals surface area contributed by atoms with Crippen LogP contribution in [-0.4, -0.2) is 22.1 Å². The van der Waals surface area contributed by atoms with Crippen molar-refractivity contribution in [1.29, 1.82) is 0 Å². The molecule has 0 aliphatic heterocycles. The minimum Gasteiger partial charge on any atom is -0.484 e. The Labute approximate surface area is 187 Å². The number of ether oxygens (including phenoxy) is 2. The fourth-order valence-electron chi connectivity index (χ4n) is 3.10. The molecule has 1 aromatic heterocycles. The van der Waals surface area contributed by atoms with Gasteiger partial charge in [0.1, 0.15) is 17.2 Å². The van der Waals surface area contributed by atoms with Gasteiger partial charge < -0.3 is 19.4 Å². The number of nitrogens with zero attached hydrogens (tertiary/aromatic N) is 2. The minimum absolute atomic E-state index is 0.0448. The van der Waals surface area contributed by atoms with Crippen LogP contribution in [0.4, 0.5) is 0 Å². The number of aromatic nitrogens is 2. The van der Waals surface area contributed by atoms with Crippen molar-refractivity contribution in [3.63, 3.8) is 0 Å². The molecule has 1 N–H and O–H groups in total. The Kier molecular flexibility index (Phi) is 6.82. The van der Waals surface area contributed by atoms with Gasteiger partial charge in [0, 0.05) is 25.5 Å². The van der Waals surface area contributed by atoms with Crippen LogP contribution in [0.1, 0.15) is 16.7 Å². The minimum atomic E-state index is -0.174. The first kappa shape index (κ1) is 21.2. The molecule has 0 aliphatic rings. The molecule has 162 valence electrons. The highest BCUT2D eigenvalue weighted by Crippen LogP contribution is 2.24. The topological polar surface area (TPSA) is 65.4 Å². The molecule has 0 saturated carbocycles. The number of carbonyl (C=O) groups excluding carboxylic acids is 1. The molecule has 6 nitrogen and oxygen atoms in total. The number of nitrogens with one attached hydrogen (secondary N) is 1. The van der Waals surface area contributed by atoms with Gasteiger partial charge in [-0.05, 0) is 54.4 Å². The molecular weight excluding hydrogens is 402 g/mol. The molecule has 1 amide bonds. The number of imidazole rings is 1. The van der Waals surface area contributed by atoms with Gasteiger partial charge in [0.25, 0.3) is 5.91 Å². The Balaban J connectivity index is 1.19. The summed E-state index contributed by atoms with van der Waals surface area (Å²) < 4.78 is 13.4. The van der Waals surface area contributed by atoms with E-state index in [1.165, 1.54) is 11.1 Å². The smallest absolute Gasteiger partial charge is 0.258 e. The van der Waals surface area contributed by atoms with Crippen LogP contribution in [0.2, 0.25) is 0 Å². The summed E-state index contributed by atoms with van der Waals surface area (Å²) in [5.41, 5.74) is 3.39. The van der Waals surface area contributed by atoms with Gasteiger partial charge >= 0.3 is 0 Å². The maximum Gasteiger partial charge on any atom is 0.258 e. The molecule has 0 saturated heterocycles. The summed E-state index contributed by atoms with van der Waals surface area (Å²) in [7, 11) is 0. The highest BCUT2D eigenvalue weighted by molar-refractivity contribution is 5.77. The fraction of sp³-hybridized carbons (Fsp3) is 0.154. The first-order chi connectivity index (χ1) is 15.6. The van der Waals surface area contributed by atoms with Crippen LogP contribution in [0.5, 0.6) is 17.2 Å².